The van der Waals surface area contributed by atoms with Crippen LogP contribution in [-0.2, 0) is 9.57 Å². The van der Waals surface area contributed by atoms with E-state index in [2.05, 4.69) is 18.9 Å². The molecule has 0 N–H and O–H groups in total. The molecule has 0 saturated carbocycles. The van der Waals surface area contributed by atoms with Crippen LogP contribution in [0.2, 0.25) is 0 Å². The maximum absolute atomic E-state index is 5.71. The van der Waals surface area contributed by atoms with Crippen molar-refractivity contribution >= 4 is 0 Å². The molecule has 2 fully saturated rings. The summed E-state index contributed by atoms with van der Waals surface area (Å²) in [5.41, 5.74) is 0.298. The van der Waals surface area contributed by atoms with Crippen molar-refractivity contribution in [3.63, 3.8) is 0 Å². The Balaban J connectivity index is 1.96. The first-order valence-electron chi connectivity index (χ1n) is 6.90. The van der Waals surface area contributed by atoms with Crippen LogP contribution < -0.4 is 0 Å². The van der Waals surface area contributed by atoms with Gasteiger partial charge in [-0.2, -0.15) is 5.06 Å². The molecule has 0 amide bonds. The Kier molecular flexibility index (Phi) is 4.42. The predicted molar refractivity (Wildman–Crippen MR) is 67.8 cm³/mol. The number of rotatable bonds is 6. The fraction of sp³-hybridized carbons (Fsp3) is 1.00. The number of hydroxylamine groups is 2. The summed E-state index contributed by atoms with van der Waals surface area (Å²) in [5, 5.41) is 2.05. The van der Waals surface area contributed by atoms with E-state index in [9.17, 15) is 0 Å². The number of ether oxygens (including phenoxy) is 1. The average molecular weight is 242 g/mol. The van der Waals surface area contributed by atoms with Crippen LogP contribution in [0.1, 0.15) is 33.1 Å². The topological polar surface area (TPSA) is 24.9 Å². The highest BCUT2D eigenvalue weighted by molar-refractivity contribution is 5.05. The first-order valence-corrected chi connectivity index (χ1v) is 6.90. The molecule has 0 aromatic rings. The van der Waals surface area contributed by atoms with Crippen molar-refractivity contribution in [1.29, 1.82) is 0 Å². The minimum Gasteiger partial charge on any atom is -0.380 e. The maximum atomic E-state index is 5.71. The first-order chi connectivity index (χ1) is 8.22. The van der Waals surface area contributed by atoms with Gasteiger partial charge < -0.3 is 4.74 Å². The summed E-state index contributed by atoms with van der Waals surface area (Å²) in [6.45, 7) is 8.94. The molecule has 0 spiro atoms. The van der Waals surface area contributed by atoms with E-state index in [-0.39, 0.29) is 0 Å². The van der Waals surface area contributed by atoms with Crippen molar-refractivity contribution < 1.29 is 9.57 Å². The van der Waals surface area contributed by atoms with Gasteiger partial charge in [-0.15, -0.1) is 0 Å². The lowest BCUT2D eigenvalue weighted by Crippen LogP contribution is -2.42. The molecule has 2 heterocycles. The Morgan fingerprint density at radius 1 is 1.35 bits per heavy atom. The molecule has 17 heavy (non-hydrogen) atoms. The molecule has 1 unspecified atom stereocenters. The summed E-state index contributed by atoms with van der Waals surface area (Å²) in [4.78, 5) is 8.22. The molecule has 2 atom stereocenters. The summed E-state index contributed by atoms with van der Waals surface area (Å²) >= 11 is 0. The largest absolute Gasteiger partial charge is 0.380 e. The van der Waals surface area contributed by atoms with E-state index < -0.39 is 0 Å². The summed E-state index contributed by atoms with van der Waals surface area (Å²) < 4.78 is 5.71. The Bertz CT molecular complexity index is 250. The second-order valence-corrected chi connectivity index (χ2v) is 5.23. The van der Waals surface area contributed by atoms with Crippen LogP contribution >= 0.6 is 0 Å². The van der Waals surface area contributed by atoms with Crippen molar-refractivity contribution in [1.82, 2.24) is 9.96 Å². The highest BCUT2D eigenvalue weighted by Crippen LogP contribution is 2.40. The second-order valence-electron chi connectivity index (χ2n) is 5.23. The second kappa shape index (κ2) is 5.65. The molecule has 4 nitrogen and oxygen atoms in total. The third-order valence-electron chi connectivity index (χ3n) is 4.21. The van der Waals surface area contributed by atoms with E-state index in [1.54, 1.807) is 0 Å². The van der Waals surface area contributed by atoms with Gasteiger partial charge in [-0.25, -0.2) is 0 Å². The van der Waals surface area contributed by atoms with Crippen molar-refractivity contribution in [2.45, 2.75) is 44.7 Å². The van der Waals surface area contributed by atoms with Gasteiger partial charge in [0.1, 0.15) is 0 Å². The van der Waals surface area contributed by atoms with Gasteiger partial charge in [-0.1, -0.05) is 0 Å². The number of nitrogens with zero attached hydrogens (tertiary/aromatic N) is 2. The first kappa shape index (κ1) is 13.3. The molecule has 0 bridgehead atoms. The normalized spacial score (nSPS) is 33.5. The highest BCUT2D eigenvalue weighted by Gasteiger charge is 2.49. The van der Waals surface area contributed by atoms with Crippen LogP contribution in [0.25, 0.3) is 0 Å². The molecule has 0 aromatic heterocycles. The third kappa shape index (κ3) is 2.65. The zero-order valence-electron chi connectivity index (χ0n) is 11.4. The quantitative estimate of drug-likeness (QED) is 0.659. The maximum Gasteiger partial charge on any atom is 0.0656 e. The summed E-state index contributed by atoms with van der Waals surface area (Å²) in [7, 11) is 2.06. The van der Waals surface area contributed by atoms with Gasteiger partial charge in [0.15, 0.2) is 0 Å². The molecule has 2 rings (SSSR count). The van der Waals surface area contributed by atoms with Crippen molar-refractivity contribution in [2.24, 2.45) is 0 Å². The Labute approximate surface area is 105 Å². The van der Waals surface area contributed by atoms with Gasteiger partial charge in [0.2, 0.25) is 0 Å². The van der Waals surface area contributed by atoms with Crippen LogP contribution in [0.15, 0.2) is 0 Å². The van der Waals surface area contributed by atoms with Gasteiger partial charge in [0.25, 0.3) is 0 Å². The fourth-order valence-electron chi connectivity index (χ4n) is 3.33. The summed E-state index contributed by atoms with van der Waals surface area (Å²) in [6, 6.07) is 0.524. The van der Waals surface area contributed by atoms with E-state index in [0.29, 0.717) is 11.6 Å². The number of hydrogen-bond donors (Lipinski definition) is 0. The highest BCUT2D eigenvalue weighted by atomic mass is 16.7. The van der Waals surface area contributed by atoms with E-state index in [4.69, 9.17) is 9.57 Å². The molecule has 2 aliphatic heterocycles. The number of hydrogen-bond acceptors (Lipinski definition) is 4. The predicted octanol–water partition coefficient (Wildman–Crippen LogP) is 1.51. The van der Waals surface area contributed by atoms with Gasteiger partial charge in [-0.3, -0.25) is 9.74 Å². The van der Waals surface area contributed by atoms with Crippen LogP contribution in [0.4, 0.5) is 0 Å². The number of likely N-dealkylation sites (N-methyl/N-ethyl adjacent to an activating group) is 1. The molecular formula is C13H26N2O2. The molecular weight excluding hydrogens is 216 g/mol. The molecule has 0 radical (unpaired) electrons. The third-order valence-corrected chi connectivity index (χ3v) is 4.21. The van der Waals surface area contributed by atoms with E-state index in [0.717, 1.165) is 26.4 Å². The van der Waals surface area contributed by atoms with Crippen LogP contribution in [0, 0.1) is 0 Å². The molecule has 0 aromatic carbocycles. The molecule has 2 saturated heterocycles. The van der Waals surface area contributed by atoms with Gasteiger partial charge in [-0.05, 0) is 39.7 Å². The smallest absolute Gasteiger partial charge is 0.0656 e. The fourth-order valence-corrected chi connectivity index (χ4v) is 3.33. The van der Waals surface area contributed by atoms with E-state index in [1.807, 2.05) is 12.0 Å². The van der Waals surface area contributed by atoms with E-state index in [1.165, 1.54) is 25.8 Å². The zero-order chi connectivity index (χ0) is 12.3. The molecule has 100 valence electrons. The lowest BCUT2D eigenvalue weighted by atomic mass is 9.93. The monoisotopic (exact) mass is 242 g/mol. The van der Waals surface area contributed by atoms with Crippen LogP contribution in [0.3, 0.4) is 0 Å². The van der Waals surface area contributed by atoms with Gasteiger partial charge in [0.05, 0.1) is 13.2 Å². The Hall–Kier alpha value is -0.160. The van der Waals surface area contributed by atoms with E-state index >= 15 is 0 Å². The van der Waals surface area contributed by atoms with Crippen molar-refractivity contribution in [3.05, 3.63) is 0 Å². The lowest BCUT2D eigenvalue weighted by Gasteiger charge is -2.31. The standard InChI is InChI=1S/C13H26N2O2/c1-4-16-11-13-7-6-8-15(13)10-12(9-13)14(3)17-5-2/h12H,4-11H2,1-3H3/t12?,13-/m0/s1. The number of fused-ring (bicyclic) bond motifs is 1. The average Bonchev–Trinajstić information content (AvgIpc) is 2.83. The van der Waals surface area contributed by atoms with Crippen LogP contribution in [-0.4, -0.2) is 61.5 Å². The van der Waals surface area contributed by atoms with Crippen LogP contribution in [0.5, 0.6) is 0 Å². The molecule has 4 heteroatoms. The van der Waals surface area contributed by atoms with Gasteiger partial charge in [0, 0.05) is 31.8 Å². The lowest BCUT2D eigenvalue weighted by molar-refractivity contribution is -0.161. The summed E-state index contributed by atoms with van der Waals surface area (Å²) in [6.07, 6.45) is 3.78. The Morgan fingerprint density at radius 3 is 2.88 bits per heavy atom. The molecule has 2 aliphatic rings. The minimum absolute atomic E-state index is 0.298. The van der Waals surface area contributed by atoms with Gasteiger partial charge >= 0.3 is 0 Å². The SMILES string of the molecule is CCOC[C@@]12CCCN1CC(N(C)OCC)C2. The van der Waals surface area contributed by atoms with Crippen molar-refractivity contribution in [2.75, 3.05) is 40.0 Å². The minimum atomic E-state index is 0.298. The Morgan fingerprint density at radius 2 is 2.18 bits per heavy atom. The summed E-state index contributed by atoms with van der Waals surface area (Å²) in [5.74, 6) is 0. The molecule has 0 aliphatic carbocycles. The zero-order valence-corrected chi connectivity index (χ0v) is 11.4. The van der Waals surface area contributed by atoms with Crippen molar-refractivity contribution in [3.8, 4) is 0 Å².